The van der Waals surface area contributed by atoms with Gasteiger partial charge in [-0.15, -0.1) is 0 Å². The molecule has 3 N–H and O–H groups in total. The molecule has 0 unspecified atom stereocenters. The van der Waals surface area contributed by atoms with E-state index in [9.17, 15) is 4.79 Å². The van der Waals surface area contributed by atoms with E-state index in [4.69, 9.17) is 10.5 Å². The van der Waals surface area contributed by atoms with Gasteiger partial charge in [0.1, 0.15) is 5.75 Å². The van der Waals surface area contributed by atoms with Crippen LogP contribution in [0, 0.1) is 5.92 Å². The molecule has 1 aliphatic carbocycles. The molecule has 0 saturated heterocycles. The molecule has 104 valence electrons. The van der Waals surface area contributed by atoms with Crippen molar-refractivity contribution in [3.63, 3.8) is 0 Å². The molecular weight excluding hydrogens is 240 g/mol. The monoisotopic (exact) mass is 262 g/mol. The predicted octanol–water partition coefficient (Wildman–Crippen LogP) is 1.83. The first kappa shape index (κ1) is 13.9. The lowest BCUT2D eigenvalue weighted by Crippen LogP contribution is -2.32. The first-order chi connectivity index (χ1) is 9.28. The van der Waals surface area contributed by atoms with E-state index in [2.05, 4.69) is 5.32 Å². The molecule has 4 heteroatoms. The molecule has 0 heterocycles. The molecule has 1 saturated carbocycles. The van der Waals surface area contributed by atoms with Crippen molar-refractivity contribution >= 4 is 5.91 Å². The molecule has 0 radical (unpaired) electrons. The normalized spacial score (nSPS) is 15.4. The van der Waals surface area contributed by atoms with Gasteiger partial charge in [-0.2, -0.15) is 0 Å². The third kappa shape index (κ3) is 4.56. The lowest BCUT2D eigenvalue weighted by Gasteiger charge is -2.11. The van der Waals surface area contributed by atoms with E-state index >= 15 is 0 Å². The summed E-state index contributed by atoms with van der Waals surface area (Å²) in [5.41, 5.74) is 6.57. The molecule has 0 aliphatic heterocycles. The van der Waals surface area contributed by atoms with Gasteiger partial charge in [0.05, 0.1) is 0 Å². The van der Waals surface area contributed by atoms with E-state index in [0.717, 1.165) is 12.1 Å². The van der Waals surface area contributed by atoms with Gasteiger partial charge in [0.2, 0.25) is 0 Å². The standard InChI is InChI=1S/C15H22N2O2/c16-9-12-5-7-14(8-6-12)19-11-15(18)17-10-13-3-1-2-4-13/h5-8,13H,1-4,9-11,16H2,(H,17,18). The summed E-state index contributed by atoms with van der Waals surface area (Å²) in [6, 6.07) is 7.50. The van der Waals surface area contributed by atoms with Crippen molar-refractivity contribution < 1.29 is 9.53 Å². The van der Waals surface area contributed by atoms with Gasteiger partial charge in [-0.25, -0.2) is 0 Å². The maximum absolute atomic E-state index is 11.6. The first-order valence-electron chi connectivity index (χ1n) is 6.96. The van der Waals surface area contributed by atoms with Gasteiger partial charge >= 0.3 is 0 Å². The first-order valence-corrected chi connectivity index (χ1v) is 6.96. The number of hydrogen-bond donors (Lipinski definition) is 2. The van der Waals surface area contributed by atoms with Gasteiger partial charge in [0.25, 0.3) is 5.91 Å². The van der Waals surface area contributed by atoms with Crippen molar-refractivity contribution in [3.8, 4) is 5.75 Å². The Morgan fingerprint density at radius 3 is 2.58 bits per heavy atom. The third-order valence-corrected chi connectivity index (χ3v) is 3.59. The fourth-order valence-electron chi connectivity index (χ4n) is 2.39. The predicted molar refractivity (Wildman–Crippen MR) is 74.8 cm³/mol. The number of nitrogens with one attached hydrogen (secondary N) is 1. The molecule has 0 bridgehead atoms. The maximum atomic E-state index is 11.6. The molecule has 1 aliphatic rings. The molecule has 0 spiro atoms. The number of nitrogens with two attached hydrogens (primary N) is 1. The Morgan fingerprint density at radius 1 is 1.26 bits per heavy atom. The molecule has 1 aromatic rings. The van der Waals surface area contributed by atoms with E-state index in [1.165, 1.54) is 25.7 Å². The molecule has 1 aromatic carbocycles. The summed E-state index contributed by atoms with van der Waals surface area (Å²) in [7, 11) is 0. The SMILES string of the molecule is NCc1ccc(OCC(=O)NCC2CCCC2)cc1. The van der Waals surface area contributed by atoms with E-state index in [-0.39, 0.29) is 12.5 Å². The average molecular weight is 262 g/mol. The molecule has 2 rings (SSSR count). The number of rotatable bonds is 6. The highest BCUT2D eigenvalue weighted by Crippen LogP contribution is 2.23. The van der Waals surface area contributed by atoms with Gasteiger partial charge in [-0.05, 0) is 36.5 Å². The van der Waals surface area contributed by atoms with Crippen LogP contribution in [0.4, 0.5) is 0 Å². The second-order valence-electron chi connectivity index (χ2n) is 5.09. The van der Waals surface area contributed by atoms with Crippen LogP contribution in [-0.2, 0) is 11.3 Å². The van der Waals surface area contributed by atoms with Crippen molar-refractivity contribution in [2.75, 3.05) is 13.2 Å². The molecule has 4 nitrogen and oxygen atoms in total. The number of carbonyl (C=O) groups excluding carboxylic acids is 1. The minimum atomic E-state index is -0.0465. The Labute approximate surface area is 114 Å². The van der Waals surface area contributed by atoms with Crippen LogP contribution in [0.3, 0.4) is 0 Å². The fraction of sp³-hybridized carbons (Fsp3) is 0.533. The Bertz CT molecular complexity index is 397. The summed E-state index contributed by atoms with van der Waals surface area (Å²) in [4.78, 5) is 11.6. The zero-order valence-electron chi connectivity index (χ0n) is 11.2. The second kappa shape index (κ2) is 7.14. The molecule has 19 heavy (non-hydrogen) atoms. The van der Waals surface area contributed by atoms with Crippen LogP contribution in [0.1, 0.15) is 31.2 Å². The van der Waals surface area contributed by atoms with Gasteiger partial charge < -0.3 is 15.8 Å². The van der Waals surface area contributed by atoms with Crippen LogP contribution in [0.5, 0.6) is 5.75 Å². The highest BCUT2D eigenvalue weighted by Gasteiger charge is 2.15. The zero-order valence-corrected chi connectivity index (χ0v) is 11.2. The van der Waals surface area contributed by atoms with E-state index < -0.39 is 0 Å². The Kier molecular flexibility index (Phi) is 5.21. The minimum Gasteiger partial charge on any atom is -0.484 e. The van der Waals surface area contributed by atoms with Gasteiger partial charge in [0, 0.05) is 13.1 Å². The Morgan fingerprint density at radius 2 is 1.95 bits per heavy atom. The molecule has 1 amide bonds. The smallest absolute Gasteiger partial charge is 0.257 e. The quantitative estimate of drug-likeness (QED) is 0.822. The molecule has 0 aromatic heterocycles. The Balaban J connectivity index is 1.67. The third-order valence-electron chi connectivity index (χ3n) is 3.59. The number of hydrogen-bond acceptors (Lipinski definition) is 3. The zero-order chi connectivity index (χ0) is 13.5. The minimum absolute atomic E-state index is 0.0465. The summed E-state index contributed by atoms with van der Waals surface area (Å²) < 4.78 is 5.43. The summed E-state index contributed by atoms with van der Waals surface area (Å²) in [5.74, 6) is 1.32. The van der Waals surface area contributed by atoms with Crippen molar-refractivity contribution in [2.45, 2.75) is 32.2 Å². The van der Waals surface area contributed by atoms with Crippen molar-refractivity contribution in [1.82, 2.24) is 5.32 Å². The van der Waals surface area contributed by atoms with Gasteiger partial charge in [-0.1, -0.05) is 25.0 Å². The molecule has 0 atom stereocenters. The molecular formula is C15H22N2O2. The van der Waals surface area contributed by atoms with Crippen molar-refractivity contribution in [1.29, 1.82) is 0 Å². The lowest BCUT2D eigenvalue weighted by molar-refractivity contribution is -0.123. The van der Waals surface area contributed by atoms with E-state index in [0.29, 0.717) is 18.2 Å². The lowest BCUT2D eigenvalue weighted by atomic mass is 10.1. The largest absolute Gasteiger partial charge is 0.484 e. The fourth-order valence-corrected chi connectivity index (χ4v) is 2.39. The highest BCUT2D eigenvalue weighted by molar-refractivity contribution is 5.77. The van der Waals surface area contributed by atoms with Crippen LogP contribution >= 0.6 is 0 Å². The van der Waals surface area contributed by atoms with Crippen molar-refractivity contribution in [2.24, 2.45) is 11.7 Å². The molecule has 1 fully saturated rings. The van der Waals surface area contributed by atoms with Crippen LogP contribution in [0.2, 0.25) is 0 Å². The summed E-state index contributed by atoms with van der Waals surface area (Å²) in [5, 5.41) is 2.93. The van der Waals surface area contributed by atoms with Crippen molar-refractivity contribution in [3.05, 3.63) is 29.8 Å². The summed E-state index contributed by atoms with van der Waals surface area (Å²) >= 11 is 0. The number of ether oxygens (including phenoxy) is 1. The van der Waals surface area contributed by atoms with Crippen LogP contribution < -0.4 is 15.8 Å². The number of amides is 1. The Hall–Kier alpha value is -1.55. The van der Waals surface area contributed by atoms with Crippen LogP contribution in [-0.4, -0.2) is 19.1 Å². The van der Waals surface area contributed by atoms with E-state index in [1.54, 1.807) is 0 Å². The number of carbonyl (C=O) groups is 1. The highest BCUT2D eigenvalue weighted by atomic mass is 16.5. The summed E-state index contributed by atoms with van der Waals surface area (Å²) in [6.45, 7) is 1.38. The maximum Gasteiger partial charge on any atom is 0.257 e. The average Bonchev–Trinajstić information content (AvgIpc) is 2.96. The topological polar surface area (TPSA) is 64.3 Å². The van der Waals surface area contributed by atoms with E-state index in [1.807, 2.05) is 24.3 Å². The summed E-state index contributed by atoms with van der Waals surface area (Å²) in [6.07, 6.45) is 5.07. The van der Waals surface area contributed by atoms with Crippen LogP contribution in [0.25, 0.3) is 0 Å². The van der Waals surface area contributed by atoms with Crippen LogP contribution in [0.15, 0.2) is 24.3 Å². The second-order valence-corrected chi connectivity index (χ2v) is 5.09. The number of benzene rings is 1. The van der Waals surface area contributed by atoms with Gasteiger partial charge in [0.15, 0.2) is 6.61 Å². The van der Waals surface area contributed by atoms with Gasteiger partial charge in [-0.3, -0.25) is 4.79 Å².